The first kappa shape index (κ1) is 23.7. The highest BCUT2D eigenvalue weighted by Crippen LogP contribution is 2.19. The molecular weight excluding hydrogens is 359 g/mol. The maximum Gasteiger partial charge on any atom is 0.326 e. The molecule has 0 aromatic heterocycles. The molecule has 1 aromatic rings. The third kappa shape index (κ3) is 9.06. The van der Waals surface area contributed by atoms with Crippen molar-refractivity contribution in [3.05, 3.63) is 42.5 Å². The molecule has 8 heteroatoms. The van der Waals surface area contributed by atoms with Crippen LogP contribution in [-0.2, 0) is 20.7 Å². The van der Waals surface area contributed by atoms with E-state index in [9.17, 15) is 14.7 Å². The molecule has 28 heavy (non-hydrogen) atoms. The molecule has 0 aliphatic rings. The first-order valence-corrected chi connectivity index (χ1v) is 9.51. The van der Waals surface area contributed by atoms with Crippen molar-refractivity contribution >= 4 is 19.4 Å². The summed E-state index contributed by atoms with van der Waals surface area (Å²) in [5, 5.41) is 12.0. The van der Waals surface area contributed by atoms with Crippen LogP contribution < -0.4 is 15.8 Å². The summed E-state index contributed by atoms with van der Waals surface area (Å²) in [5.74, 6) is -1.04. The van der Waals surface area contributed by atoms with E-state index in [-0.39, 0.29) is 26.0 Å². The average molecular weight is 390 g/mol. The van der Waals surface area contributed by atoms with Crippen LogP contribution in [0.15, 0.2) is 36.9 Å². The van der Waals surface area contributed by atoms with Crippen LogP contribution in [0.3, 0.4) is 0 Å². The van der Waals surface area contributed by atoms with Crippen molar-refractivity contribution in [2.75, 3.05) is 13.3 Å². The number of benzene rings is 1. The van der Waals surface area contributed by atoms with Crippen LogP contribution >= 0.6 is 0 Å². The number of hydrogen-bond donors (Lipinski definition) is 3. The molecule has 0 aliphatic heterocycles. The quantitative estimate of drug-likeness (QED) is 0.194. The van der Waals surface area contributed by atoms with Gasteiger partial charge < -0.3 is 25.5 Å². The van der Waals surface area contributed by atoms with Crippen LogP contribution in [0.4, 0.5) is 0 Å². The number of rotatable bonds is 14. The zero-order valence-corrected chi connectivity index (χ0v) is 16.7. The Morgan fingerprint density at radius 3 is 2.54 bits per heavy atom. The number of nitrogens with one attached hydrogen (secondary N) is 1. The molecule has 0 aliphatic carbocycles. The number of carboxylic acid groups (broad SMARTS) is 1. The van der Waals surface area contributed by atoms with E-state index in [1.54, 1.807) is 6.08 Å². The molecule has 0 spiro atoms. The maximum atomic E-state index is 12.7. The molecule has 2 atom stereocenters. The minimum Gasteiger partial charge on any atom is -0.493 e. The molecule has 0 bridgehead atoms. The van der Waals surface area contributed by atoms with Crippen LogP contribution in [0.1, 0.15) is 32.3 Å². The highest BCUT2D eigenvalue weighted by atomic mass is 16.5. The summed E-state index contributed by atoms with van der Waals surface area (Å²) >= 11 is 0. The van der Waals surface area contributed by atoms with E-state index < -0.39 is 17.8 Å². The van der Waals surface area contributed by atoms with Gasteiger partial charge in [0.2, 0.25) is 5.91 Å². The molecule has 0 saturated carbocycles. The van der Waals surface area contributed by atoms with Crippen molar-refractivity contribution in [3.63, 3.8) is 0 Å². The van der Waals surface area contributed by atoms with E-state index in [1.807, 2.05) is 38.1 Å². The van der Waals surface area contributed by atoms with Gasteiger partial charge in [0.25, 0.3) is 7.48 Å². The Morgan fingerprint density at radius 2 is 2.00 bits per heavy atom. The van der Waals surface area contributed by atoms with Gasteiger partial charge in [-0.2, -0.15) is 0 Å². The van der Waals surface area contributed by atoms with Gasteiger partial charge in [-0.05, 0) is 42.9 Å². The molecular formula is C20H31BN2O5. The molecule has 0 fully saturated rings. The topological polar surface area (TPSA) is 111 Å². The predicted octanol–water partition coefficient (Wildman–Crippen LogP) is 1.87. The summed E-state index contributed by atoms with van der Waals surface area (Å²) in [5.41, 5.74) is 6.32. The van der Waals surface area contributed by atoms with Crippen molar-refractivity contribution in [2.45, 2.75) is 45.0 Å². The van der Waals surface area contributed by atoms with E-state index in [4.69, 9.17) is 15.1 Å². The highest BCUT2D eigenvalue weighted by molar-refractivity contribution is 6.37. The number of nitrogens with two attached hydrogens (primary N) is 1. The standard InChI is InChI=1S/C20H31BN2O5/c1-4-5-10-27-16-8-6-15(7-9-16)12-17(21-28-13-22)19(24)23-18(20(25)26)11-14(2)3/h4,6-9,14,17-18,21H,1,5,10-13,22H2,2-3H3,(H,23,24)(H,25,26)/t17-,18-/m0/s1. The molecule has 0 unspecified atom stereocenters. The summed E-state index contributed by atoms with van der Waals surface area (Å²) in [4.78, 5) is 24.1. The van der Waals surface area contributed by atoms with E-state index in [0.29, 0.717) is 19.4 Å². The Balaban J connectivity index is 2.76. The van der Waals surface area contributed by atoms with Crippen LogP contribution in [-0.4, -0.2) is 43.8 Å². The molecule has 154 valence electrons. The lowest BCUT2D eigenvalue weighted by Crippen LogP contribution is -2.44. The zero-order valence-electron chi connectivity index (χ0n) is 16.7. The molecule has 1 aromatic carbocycles. The van der Waals surface area contributed by atoms with Gasteiger partial charge in [0.1, 0.15) is 11.8 Å². The van der Waals surface area contributed by atoms with Gasteiger partial charge >= 0.3 is 5.97 Å². The predicted molar refractivity (Wildman–Crippen MR) is 111 cm³/mol. The van der Waals surface area contributed by atoms with Crippen LogP contribution in [0, 0.1) is 5.92 Å². The zero-order chi connectivity index (χ0) is 20.9. The highest BCUT2D eigenvalue weighted by Gasteiger charge is 2.27. The van der Waals surface area contributed by atoms with Gasteiger partial charge in [-0.1, -0.05) is 32.1 Å². The summed E-state index contributed by atoms with van der Waals surface area (Å²) < 4.78 is 10.8. The normalized spacial score (nSPS) is 12.9. The van der Waals surface area contributed by atoms with E-state index in [1.165, 1.54) is 0 Å². The van der Waals surface area contributed by atoms with Gasteiger partial charge in [0.15, 0.2) is 0 Å². The number of hydrogen-bond acceptors (Lipinski definition) is 5. The van der Waals surface area contributed by atoms with Crippen molar-refractivity contribution in [3.8, 4) is 5.75 Å². The Bertz CT molecular complexity index is 622. The number of amides is 1. The van der Waals surface area contributed by atoms with Gasteiger partial charge in [-0.25, -0.2) is 4.79 Å². The SMILES string of the molecule is C=CCCOc1ccc(C[C@H](BOCN)C(=O)N[C@@H](CC(C)C)C(=O)O)cc1. The molecule has 7 nitrogen and oxygen atoms in total. The van der Waals surface area contributed by atoms with E-state index >= 15 is 0 Å². The lowest BCUT2D eigenvalue weighted by atomic mass is 9.75. The van der Waals surface area contributed by atoms with Gasteiger partial charge in [-0.15, -0.1) is 6.58 Å². The fraction of sp³-hybridized carbons (Fsp3) is 0.500. The minimum atomic E-state index is -1.04. The fourth-order valence-corrected chi connectivity index (χ4v) is 2.69. The van der Waals surface area contributed by atoms with Crippen LogP contribution in [0.5, 0.6) is 5.75 Å². The van der Waals surface area contributed by atoms with E-state index in [0.717, 1.165) is 17.7 Å². The lowest BCUT2D eigenvalue weighted by Gasteiger charge is -2.21. The second-order valence-corrected chi connectivity index (χ2v) is 7.04. The number of carbonyl (C=O) groups excluding carboxylic acids is 1. The van der Waals surface area contributed by atoms with Crippen molar-refractivity contribution in [1.82, 2.24) is 5.32 Å². The third-order valence-corrected chi connectivity index (χ3v) is 4.13. The summed E-state index contributed by atoms with van der Waals surface area (Å²) in [6.07, 6.45) is 3.33. The Morgan fingerprint density at radius 1 is 1.32 bits per heavy atom. The van der Waals surface area contributed by atoms with Gasteiger partial charge in [0, 0.05) is 5.82 Å². The average Bonchev–Trinajstić information content (AvgIpc) is 2.65. The smallest absolute Gasteiger partial charge is 0.326 e. The summed E-state index contributed by atoms with van der Waals surface area (Å²) in [7, 11) is 0.119. The Labute approximate surface area is 167 Å². The third-order valence-electron chi connectivity index (χ3n) is 4.13. The minimum absolute atomic E-state index is 0.00574. The summed E-state index contributed by atoms with van der Waals surface area (Å²) in [6, 6.07) is 6.53. The number of carbonyl (C=O) groups is 2. The fourth-order valence-electron chi connectivity index (χ4n) is 2.69. The van der Waals surface area contributed by atoms with Crippen LogP contribution in [0.2, 0.25) is 5.82 Å². The Kier molecular flexibility index (Phi) is 11.0. The molecule has 1 rings (SSSR count). The number of ether oxygens (including phenoxy) is 1. The number of carboxylic acids is 1. The van der Waals surface area contributed by atoms with Crippen molar-refractivity contribution in [2.24, 2.45) is 11.7 Å². The van der Waals surface area contributed by atoms with Gasteiger partial charge in [-0.3, -0.25) is 4.79 Å². The molecule has 1 amide bonds. The monoisotopic (exact) mass is 390 g/mol. The van der Waals surface area contributed by atoms with Crippen LogP contribution in [0.25, 0.3) is 0 Å². The maximum absolute atomic E-state index is 12.7. The second kappa shape index (κ2) is 13.0. The van der Waals surface area contributed by atoms with Crippen molar-refractivity contribution < 1.29 is 24.1 Å². The second-order valence-electron chi connectivity index (χ2n) is 7.04. The summed E-state index contributed by atoms with van der Waals surface area (Å²) in [6.45, 7) is 8.03. The first-order valence-electron chi connectivity index (χ1n) is 9.51. The van der Waals surface area contributed by atoms with E-state index in [2.05, 4.69) is 11.9 Å². The molecule has 0 radical (unpaired) electrons. The largest absolute Gasteiger partial charge is 0.493 e. The first-order chi connectivity index (χ1) is 13.4. The molecule has 4 N–H and O–H groups in total. The Hall–Kier alpha value is -2.32. The number of aliphatic carboxylic acids is 1. The molecule has 0 heterocycles. The van der Waals surface area contributed by atoms with Gasteiger partial charge in [0.05, 0.1) is 13.3 Å². The molecule has 0 saturated heterocycles. The lowest BCUT2D eigenvalue weighted by molar-refractivity contribution is -0.142. The van der Waals surface area contributed by atoms with Crippen molar-refractivity contribution in [1.29, 1.82) is 0 Å².